The van der Waals surface area contributed by atoms with E-state index in [1.165, 1.54) is 18.6 Å². The zero-order valence-corrected chi connectivity index (χ0v) is 19.9. The van der Waals surface area contributed by atoms with E-state index >= 15 is 0 Å². The molecule has 2 heterocycles. The smallest absolute Gasteiger partial charge is 0.250 e. The van der Waals surface area contributed by atoms with E-state index in [1.807, 2.05) is 25.2 Å². The predicted octanol–water partition coefficient (Wildman–Crippen LogP) is 3.08. The Morgan fingerprint density at radius 2 is 2.00 bits per heavy atom. The predicted molar refractivity (Wildman–Crippen MR) is 127 cm³/mol. The Morgan fingerprint density at radius 3 is 2.67 bits per heavy atom. The second-order valence-corrected chi connectivity index (χ2v) is 10.6. The molecule has 2 atom stereocenters. The Kier molecular flexibility index (Phi) is 6.88. The first kappa shape index (κ1) is 23.5. The molecule has 0 bridgehead atoms. The third kappa shape index (κ3) is 5.63. The number of likely N-dealkylation sites (tertiary alicyclic amines) is 1. The van der Waals surface area contributed by atoms with Gasteiger partial charge in [0.05, 0.1) is 10.9 Å². The first-order valence-electron chi connectivity index (χ1n) is 11.3. The normalized spacial score (nSPS) is 20.8. The van der Waals surface area contributed by atoms with Crippen LogP contribution in [0.2, 0.25) is 0 Å². The number of fused-ring (bicyclic) bond motifs is 1. The van der Waals surface area contributed by atoms with Crippen molar-refractivity contribution < 1.29 is 17.9 Å². The number of sulfonamides is 1. The highest BCUT2D eigenvalue weighted by molar-refractivity contribution is 7.89. The maximum Gasteiger partial charge on any atom is 0.250 e. The molecule has 0 aliphatic carbocycles. The molecule has 2 aromatic carbocycles. The fourth-order valence-electron chi connectivity index (χ4n) is 4.54. The Bertz CT molecular complexity index is 1150. The van der Waals surface area contributed by atoms with Crippen LogP contribution >= 0.6 is 0 Å². The summed E-state index contributed by atoms with van der Waals surface area (Å²) < 4.78 is 29.1. The van der Waals surface area contributed by atoms with Crippen LogP contribution < -0.4 is 9.88 Å². The summed E-state index contributed by atoms with van der Waals surface area (Å²) in [6.07, 6.45) is 3.83. The average Bonchev–Trinajstić information content (AvgIpc) is 3.21. The van der Waals surface area contributed by atoms with Crippen molar-refractivity contribution in [3.05, 3.63) is 71.5 Å². The van der Waals surface area contributed by atoms with Crippen LogP contribution in [-0.4, -0.2) is 50.8 Å². The van der Waals surface area contributed by atoms with Crippen molar-refractivity contribution in [3.8, 4) is 5.75 Å². The van der Waals surface area contributed by atoms with Gasteiger partial charge in [0.1, 0.15) is 11.5 Å². The van der Waals surface area contributed by atoms with E-state index in [0.717, 1.165) is 30.8 Å². The number of carbonyl (C=O) groups excluding carboxylic acids is 1. The zero-order chi connectivity index (χ0) is 23.6. The van der Waals surface area contributed by atoms with Crippen LogP contribution in [0.15, 0.2) is 65.3 Å². The quantitative estimate of drug-likeness (QED) is 0.657. The molecular formula is C25H31N3O4S. The number of hydrogen-bond donors (Lipinski definition) is 1. The van der Waals surface area contributed by atoms with E-state index in [4.69, 9.17) is 9.88 Å². The number of benzene rings is 2. The number of carbonyl (C=O) groups is 1. The molecule has 7 nitrogen and oxygen atoms in total. The van der Waals surface area contributed by atoms with Crippen molar-refractivity contribution in [1.29, 1.82) is 0 Å². The fraction of sp³-hybridized carbons (Fsp3) is 0.400. The number of allylic oxidation sites excluding steroid dienone is 1. The van der Waals surface area contributed by atoms with Gasteiger partial charge in [0, 0.05) is 32.6 Å². The molecule has 2 aromatic rings. The Hall–Kier alpha value is -2.68. The molecule has 1 saturated heterocycles. The van der Waals surface area contributed by atoms with E-state index in [-0.39, 0.29) is 16.8 Å². The summed E-state index contributed by atoms with van der Waals surface area (Å²) in [7, 11) is -1.93. The lowest BCUT2D eigenvalue weighted by Crippen LogP contribution is -2.38. The first-order chi connectivity index (χ1) is 15.7. The van der Waals surface area contributed by atoms with Gasteiger partial charge in [-0.15, -0.1) is 0 Å². The molecule has 0 spiro atoms. The molecule has 2 N–H and O–H groups in total. The van der Waals surface area contributed by atoms with Crippen LogP contribution in [0.5, 0.6) is 5.75 Å². The molecule has 176 valence electrons. The average molecular weight is 470 g/mol. The number of ether oxygens (including phenoxy) is 1. The van der Waals surface area contributed by atoms with Crippen molar-refractivity contribution in [1.82, 2.24) is 9.80 Å². The second-order valence-electron chi connectivity index (χ2n) is 9.06. The van der Waals surface area contributed by atoms with Gasteiger partial charge in [-0.1, -0.05) is 37.3 Å². The van der Waals surface area contributed by atoms with Crippen molar-refractivity contribution in [2.75, 3.05) is 26.7 Å². The van der Waals surface area contributed by atoms with Gasteiger partial charge >= 0.3 is 0 Å². The number of nitrogens with two attached hydrogens (primary N) is 1. The van der Waals surface area contributed by atoms with Crippen LogP contribution in [0.3, 0.4) is 0 Å². The summed E-state index contributed by atoms with van der Waals surface area (Å²) in [6, 6.07) is 14.6. The van der Waals surface area contributed by atoms with Crippen LogP contribution in [0.4, 0.5) is 0 Å². The second kappa shape index (κ2) is 9.67. The minimum atomic E-state index is -3.76. The molecule has 0 saturated carbocycles. The van der Waals surface area contributed by atoms with Gasteiger partial charge in [0.15, 0.2) is 0 Å². The van der Waals surface area contributed by atoms with Gasteiger partial charge in [0.2, 0.25) is 15.9 Å². The largest absolute Gasteiger partial charge is 0.461 e. The minimum Gasteiger partial charge on any atom is -0.461 e. The highest BCUT2D eigenvalue weighted by atomic mass is 32.2. The van der Waals surface area contributed by atoms with Gasteiger partial charge in [-0.05, 0) is 54.6 Å². The van der Waals surface area contributed by atoms with Crippen LogP contribution in [0.1, 0.15) is 36.9 Å². The van der Waals surface area contributed by atoms with Crippen LogP contribution in [0, 0.1) is 5.92 Å². The fourth-order valence-corrected chi connectivity index (χ4v) is 5.10. The van der Waals surface area contributed by atoms with E-state index < -0.39 is 10.0 Å². The molecule has 4 rings (SSSR count). The van der Waals surface area contributed by atoms with Crippen molar-refractivity contribution in [3.63, 3.8) is 0 Å². The van der Waals surface area contributed by atoms with Gasteiger partial charge in [-0.25, -0.2) is 13.6 Å². The molecule has 2 aliphatic rings. The molecule has 0 unspecified atom stereocenters. The van der Waals surface area contributed by atoms with Crippen molar-refractivity contribution >= 4 is 15.9 Å². The maximum absolute atomic E-state index is 13.2. The molecular weight excluding hydrogens is 438 g/mol. The number of aryl methyl sites for hydroxylation is 1. The molecule has 8 heteroatoms. The molecule has 0 radical (unpaired) electrons. The standard InChI is InChI=1S/C25H31N3O4S/c1-18-12-13-28(16-18)17-23(19-6-4-3-5-7-19)27(2)25(29)15-21-9-8-20-14-22(33(26,30)31)10-11-24(20)32-21/h3-7,10-11,14-15,18,23H,8-9,12-13,16-17H2,1-2H3,(H2,26,30,31)/b21-15+/t18-,23+/m0/s1. The number of nitrogens with zero attached hydrogens (tertiary/aromatic N) is 2. The lowest BCUT2D eigenvalue weighted by molar-refractivity contribution is -0.127. The third-order valence-electron chi connectivity index (χ3n) is 6.47. The summed E-state index contributed by atoms with van der Waals surface area (Å²) in [5.41, 5.74) is 1.88. The number of rotatable bonds is 6. The monoisotopic (exact) mass is 469 g/mol. The molecule has 2 aliphatic heterocycles. The van der Waals surface area contributed by atoms with E-state index in [9.17, 15) is 13.2 Å². The summed E-state index contributed by atoms with van der Waals surface area (Å²) in [4.78, 5) is 17.5. The van der Waals surface area contributed by atoms with Crippen LogP contribution in [-0.2, 0) is 21.2 Å². The summed E-state index contributed by atoms with van der Waals surface area (Å²) in [5.74, 6) is 1.69. The summed E-state index contributed by atoms with van der Waals surface area (Å²) >= 11 is 0. The van der Waals surface area contributed by atoms with Crippen LogP contribution in [0.25, 0.3) is 0 Å². The highest BCUT2D eigenvalue weighted by Gasteiger charge is 2.27. The Labute approximate surface area is 195 Å². The van der Waals surface area contributed by atoms with Gasteiger partial charge in [-0.2, -0.15) is 0 Å². The number of likely N-dealkylation sites (N-methyl/N-ethyl adjacent to an activating group) is 1. The molecule has 1 fully saturated rings. The Morgan fingerprint density at radius 1 is 1.24 bits per heavy atom. The number of amides is 1. The summed E-state index contributed by atoms with van der Waals surface area (Å²) in [5, 5.41) is 5.22. The SMILES string of the molecule is C[C@H]1CCN(C[C@H](c2ccccc2)N(C)C(=O)/C=C2\CCc3cc(S(N)(=O)=O)ccc3O2)C1. The van der Waals surface area contributed by atoms with Gasteiger partial charge < -0.3 is 14.5 Å². The lowest BCUT2D eigenvalue weighted by atomic mass is 10.0. The lowest BCUT2D eigenvalue weighted by Gasteiger charge is -2.32. The van der Waals surface area contributed by atoms with E-state index in [1.54, 1.807) is 17.0 Å². The zero-order valence-electron chi connectivity index (χ0n) is 19.1. The maximum atomic E-state index is 13.2. The van der Waals surface area contributed by atoms with E-state index in [0.29, 0.717) is 30.3 Å². The minimum absolute atomic E-state index is 0.0611. The van der Waals surface area contributed by atoms with Gasteiger partial charge in [0.25, 0.3) is 0 Å². The molecule has 1 amide bonds. The van der Waals surface area contributed by atoms with Gasteiger partial charge in [-0.3, -0.25) is 4.79 Å². The van der Waals surface area contributed by atoms with Crippen molar-refractivity contribution in [2.24, 2.45) is 11.1 Å². The first-order valence-corrected chi connectivity index (χ1v) is 12.8. The molecule has 0 aromatic heterocycles. The number of primary sulfonamides is 1. The third-order valence-corrected chi connectivity index (χ3v) is 7.38. The molecule has 33 heavy (non-hydrogen) atoms. The number of hydrogen-bond acceptors (Lipinski definition) is 5. The Balaban J connectivity index is 1.51. The highest BCUT2D eigenvalue weighted by Crippen LogP contribution is 2.32. The topological polar surface area (TPSA) is 92.9 Å². The summed E-state index contributed by atoms with van der Waals surface area (Å²) in [6.45, 7) is 5.15. The van der Waals surface area contributed by atoms with Crippen molar-refractivity contribution in [2.45, 2.75) is 37.1 Å². The van der Waals surface area contributed by atoms with E-state index in [2.05, 4.69) is 24.0 Å².